The van der Waals surface area contributed by atoms with Crippen LogP contribution in [0.1, 0.15) is 28.4 Å². The first kappa shape index (κ1) is 17.4. The van der Waals surface area contributed by atoms with Gasteiger partial charge in [0.05, 0.1) is 16.4 Å². The van der Waals surface area contributed by atoms with Crippen molar-refractivity contribution in [3.05, 3.63) is 57.7 Å². The Balaban J connectivity index is 1.44. The molecule has 2 aromatic heterocycles. The molecule has 130 valence electrons. The molecule has 0 bridgehead atoms. The summed E-state index contributed by atoms with van der Waals surface area (Å²) in [5, 5.41) is 9.96. The van der Waals surface area contributed by atoms with Crippen molar-refractivity contribution in [3.8, 4) is 11.3 Å². The number of thiazole rings is 1. The predicted molar refractivity (Wildman–Crippen MR) is 98.6 cm³/mol. The van der Waals surface area contributed by atoms with Crippen molar-refractivity contribution < 1.29 is 9.32 Å². The molecule has 25 heavy (non-hydrogen) atoms. The number of rotatable bonds is 7. The summed E-state index contributed by atoms with van der Waals surface area (Å²) in [6.07, 6.45) is 1.84. The summed E-state index contributed by atoms with van der Waals surface area (Å²) in [6.45, 7) is 4.37. The first-order chi connectivity index (χ1) is 12.1. The van der Waals surface area contributed by atoms with Gasteiger partial charge in [-0.1, -0.05) is 35.5 Å². The van der Waals surface area contributed by atoms with Crippen molar-refractivity contribution in [2.45, 2.75) is 33.1 Å². The fraction of sp³-hybridized carbons (Fsp3) is 0.316. The average molecular weight is 355 g/mol. The van der Waals surface area contributed by atoms with Gasteiger partial charge in [0.15, 0.2) is 0 Å². The molecule has 1 amide bonds. The molecule has 6 heteroatoms. The molecule has 0 fully saturated rings. The minimum absolute atomic E-state index is 0.0415. The van der Waals surface area contributed by atoms with Crippen molar-refractivity contribution in [1.82, 2.24) is 15.5 Å². The topological polar surface area (TPSA) is 68.0 Å². The minimum Gasteiger partial charge on any atom is -0.361 e. The Morgan fingerprint density at radius 3 is 2.72 bits per heavy atom. The summed E-state index contributed by atoms with van der Waals surface area (Å²) in [5.41, 5.74) is 4.00. The van der Waals surface area contributed by atoms with Crippen molar-refractivity contribution in [1.29, 1.82) is 0 Å². The number of hydrogen-bond donors (Lipinski definition) is 1. The lowest BCUT2D eigenvalue weighted by atomic mass is 10.1. The molecule has 3 aromatic rings. The van der Waals surface area contributed by atoms with E-state index >= 15 is 0 Å². The summed E-state index contributed by atoms with van der Waals surface area (Å²) in [4.78, 5) is 16.6. The van der Waals surface area contributed by atoms with Crippen molar-refractivity contribution in [2.75, 3.05) is 6.54 Å². The van der Waals surface area contributed by atoms with Crippen LogP contribution in [0.2, 0.25) is 0 Å². The van der Waals surface area contributed by atoms with E-state index in [0.29, 0.717) is 19.4 Å². The van der Waals surface area contributed by atoms with Gasteiger partial charge >= 0.3 is 0 Å². The Hall–Kier alpha value is -2.47. The molecule has 1 aromatic carbocycles. The molecule has 1 N–H and O–H groups in total. The molecule has 0 spiro atoms. The number of aryl methyl sites for hydroxylation is 2. The third-order valence-electron chi connectivity index (χ3n) is 4.07. The van der Waals surface area contributed by atoms with E-state index in [-0.39, 0.29) is 5.91 Å². The molecule has 0 aliphatic heterocycles. The summed E-state index contributed by atoms with van der Waals surface area (Å²) in [6, 6.07) is 10.1. The summed E-state index contributed by atoms with van der Waals surface area (Å²) in [7, 11) is 0. The molecule has 0 aliphatic rings. The van der Waals surface area contributed by atoms with Crippen LogP contribution >= 0.6 is 11.3 Å². The first-order valence-corrected chi connectivity index (χ1v) is 9.19. The Morgan fingerprint density at radius 1 is 1.20 bits per heavy atom. The van der Waals surface area contributed by atoms with Crippen molar-refractivity contribution in [3.63, 3.8) is 0 Å². The second kappa shape index (κ2) is 8.07. The smallest absolute Gasteiger partial charge is 0.220 e. The van der Waals surface area contributed by atoms with Gasteiger partial charge in [-0.25, -0.2) is 4.98 Å². The summed E-state index contributed by atoms with van der Waals surface area (Å²) >= 11 is 1.63. The Labute approximate surface area is 151 Å². The van der Waals surface area contributed by atoms with E-state index in [1.807, 2.05) is 32.0 Å². The van der Waals surface area contributed by atoms with E-state index in [2.05, 4.69) is 33.0 Å². The second-order valence-electron chi connectivity index (χ2n) is 5.90. The van der Waals surface area contributed by atoms with Gasteiger partial charge in [-0.05, 0) is 20.3 Å². The Morgan fingerprint density at radius 2 is 2.00 bits per heavy atom. The van der Waals surface area contributed by atoms with Crippen LogP contribution in [-0.2, 0) is 17.6 Å². The molecule has 0 atom stereocenters. The van der Waals surface area contributed by atoms with E-state index in [4.69, 9.17) is 4.52 Å². The quantitative estimate of drug-likeness (QED) is 0.701. The Kier molecular flexibility index (Phi) is 5.60. The van der Waals surface area contributed by atoms with Crippen LogP contribution in [0.3, 0.4) is 0 Å². The Bertz CT molecular complexity index is 820. The van der Waals surface area contributed by atoms with Gasteiger partial charge in [0.1, 0.15) is 5.76 Å². The zero-order valence-corrected chi connectivity index (χ0v) is 15.2. The average Bonchev–Trinajstić information content (AvgIpc) is 3.21. The van der Waals surface area contributed by atoms with Gasteiger partial charge in [0, 0.05) is 35.9 Å². The van der Waals surface area contributed by atoms with Crippen LogP contribution in [-0.4, -0.2) is 22.6 Å². The SMILES string of the molecule is Cc1noc(C)c1CCC(=O)NCCc1nc(-c2ccccc2)cs1. The van der Waals surface area contributed by atoms with Gasteiger partial charge < -0.3 is 9.84 Å². The molecule has 0 radical (unpaired) electrons. The zero-order valence-electron chi connectivity index (χ0n) is 14.4. The molecule has 5 nitrogen and oxygen atoms in total. The largest absolute Gasteiger partial charge is 0.361 e. The number of amides is 1. The molecule has 0 saturated carbocycles. The van der Waals surface area contributed by atoms with Crippen LogP contribution in [0.15, 0.2) is 40.2 Å². The molecule has 0 aliphatic carbocycles. The van der Waals surface area contributed by atoms with E-state index in [9.17, 15) is 4.79 Å². The van der Waals surface area contributed by atoms with Gasteiger partial charge in [-0.3, -0.25) is 4.79 Å². The van der Waals surface area contributed by atoms with Crippen LogP contribution in [0.25, 0.3) is 11.3 Å². The predicted octanol–water partition coefficient (Wildman–Crippen LogP) is 3.71. The number of benzene rings is 1. The molecule has 0 unspecified atom stereocenters. The van der Waals surface area contributed by atoms with Crippen LogP contribution < -0.4 is 5.32 Å². The lowest BCUT2D eigenvalue weighted by molar-refractivity contribution is -0.121. The normalized spacial score (nSPS) is 10.8. The summed E-state index contributed by atoms with van der Waals surface area (Å²) < 4.78 is 5.12. The number of nitrogens with zero attached hydrogens (tertiary/aromatic N) is 2. The molecule has 0 saturated heterocycles. The van der Waals surface area contributed by atoms with Crippen LogP contribution in [0.5, 0.6) is 0 Å². The zero-order chi connectivity index (χ0) is 17.6. The highest BCUT2D eigenvalue weighted by Crippen LogP contribution is 2.21. The molecule has 3 rings (SSSR count). The van der Waals surface area contributed by atoms with Gasteiger partial charge in [-0.15, -0.1) is 11.3 Å². The van der Waals surface area contributed by atoms with Gasteiger partial charge in [-0.2, -0.15) is 0 Å². The second-order valence-corrected chi connectivity index (χ2v) is 6.84. The van der Waals surface area contributed by atoms with E-state index in [1.54, 1.807) is 11.3 Å². The maximum atomic E-state index is 12.0. The number of carbonyl (C=O) groups excluding carboxylic acids is 1. The fourth-order valence-corrected chi connectivity index (χ4v) is 3.47. The van der Waals surface area contributed by atoms with Crippen LogP contribution in [0, 0.1) is 13.8 Å². The number of carbonyl (C=O) groups is 1. The summed E-state index contributed by atoms with van der Waals surface area (Å²) in [5.74, 6) is 0.835. The van der Waals surface area contributed by atoms with E-state index in [0.717, 1.165) is 39.7 Å². The standard InChI is InChI=1S/C19H21N3O2S/c1-13-16(14(2)24-22-13)8-9-18(23)20-11-10-19-21-17(12-25-19)15-6-4-3-5-7-15/h3-7,12H,8-11H2,1-2H3,(H,20,23). The van der Waals surface area contributed by atoms with Crippen molar-refractivity contribution in [2.24, 2.45) is 0 Å². The first-order valence-electron chi connectivity index (χ1n) is 8.32. The highest BCUT2D eigenvalue weighted by molar-refractivity contribution is 7.09. The van der Waals surface area contributed by atoms with Gasteiger partial charge in [0.2, 0.25) is 5.91 Å². The lowest BCUT2D eigenvalue weighted by Gasteiger charge is -2.04. The molecule has 2 heterocycles. The third-order valence-corrected chi connectivity index (χ3v) is 4.97. The van der Waals surface area contributed by atoms with Gasteiger partial charge in [0.25, 0.3) is 0 Å². The number of nitrogens with one attached hydrogen (secondary N) is 1. The van der Waals surface area contributed by atoms with Crippen molar-refractivity contribution >= 4 is 17.2 Å². The number of aromatic nitrogens is 2. The van der Waals surface area contributed by atoms with E-state index < -0.39 is 0 Å². The third kappa shape index (κ3) is 4.54. The highest BCUT2D eigenvalue weighted by Gasteiger charge is 2.11. The fourth-order valence-electron chi connectivity index (χ4n) is 2.66. The highest BCUT2D eigenvalue weighted by atomic mass is 32.1. The monoisotopic (exact) mass is 355 g/mol. The van der Waals surface area contributed by atoms with E-state index in [1.165, 1.54) is 0 Å². The molecular weight excluding hydrogens is 334 g/mol. The molecular formula is C19H21N3O2S. The minimum atomic E-state index is 0.0415. The maximum absolute atomic E-state index is 12.0. The maximum Gasteiger partial charge on any atom is 0.220 e. The van der Waals surface area contributed by atoms with Crippen LogP contribution in [0.4, 0.5) is 0 Å². The number of hydrogen-bond acceptors (Lipinski definition) is 5. The lowest BCUT2D eigenvalue weighted by Crippen LogP contribution is -2.25.